The Morgan fingerprint density at radius 3 is 1.21 bits per heavy atom. The lowest BCUT2D eigenvalue weighted by Crippen LogP contribution is -2.56. The van der Waals surface area contributed by atoms with E-state index in [1.165, 1.54) is 39.2 Å². The lowest BCUT2D eigenvalue weighted by atomic mass is 9.91. The van der Waals surface area contributed by atoms with E-state index in [9.17, 15) is 24.0 Å². The maximum Gasteiger partial charge on any atom is 0.330 e. The van der Waals surface area contributed by atoms with Gasteiger partial charge in [-0.1, -0.05) is 109 Å². The number of aromatic nitrogens is 4. The zero-order valence-corrected chi connectivity index (χ0v) is 49.4. The maximum absolute atomic E-state index is 12.7. The smallest absolute Gasteiger partial charge is 0.330 e. The molecule has 0 amide bonds. The molecule has 2 N–H and O–H groups in total. The molecular formula is C47H85ClN4O11Si4. The molecule has 382 valence electrons. The van der Waals surface area contributed by atoms with E-state index in [2.05, 4.69) is 145 Å². The third-order valence-electron chi connectivity index (χ3n) is 15.7. The summed E-state index contributed by atoms with van der Waals surface area (Å²) in [6.45, 7) is 47.5. The SMILES string of the molecule is CC1C(n2ccc(=O)[nH]c2=O)OC(/C=C/Cl)(CO[Si](C)(C)C(C)(C)C)C1O[Si](C)(C)C(C)(C)C.CC1C(n2ccc(=O)[nH]c2=O)OC(C=O)(CO[Si](C)(C)C(C)(C)C)C1O[Si](C)(C)C(C)(C)C. The van der Waals surface area contributed by atoms with Crippen LogP contribution >= 0.6 is 11.6 Å². The second kappa shape index (κ2) is 20.4. The first-order valence-corrected chi connectivity index (χ1v) is 35.5. The predicted molar refractivity (Wildman–Crippen MR) is 278 cm³/mol. The van der Waals surface area contributed by atoms with Gasteiger partial charge in [-0.05, 0) is 78.6 Å². The summed E-state index contributed by atoms with van der Waals surface area (Å²) in [6.07, 6.45) is 3.01. The van der Waals surface area contributed by atoms with Gasteiger partial charge in [0, 0.05) is 41.9 Å². The van der Waals surface area contributed by atoms with Crippen LogP contribution in [0.25, 0.3) is 0 Å². The number of halogens is 1. The van der Waals surface area contributed by atoms with Gasteiger partial charge in [-0.25, -0.2) is 9.59 Å². The van der Waals surface area contributed by atoms with Crippen molar-refractivity contribution in [3.8, 4) is 0 Å². The lowest BCUT2D eigenvalue weighted by Gasteiger charge is -2.44. The molecule has 0 spiro atoms. The van der Waals surface area contributed by atoms with Crippen LogP contribution in [0.15, 0.2) is 55.3 Å². The van der Waals surface area contributed by atoms with E-state index < -0.39 is 91.6 Å². The molecule has 0 radical (unpaired) electrons. The lowest BCUT2D eigenvalue weighted by molar-refractivity contribution is -0.149. The van der Waals surface area contributed by atoms with Gasteiger partial charge < -0.3 is 27.2 Å². The fourth-order valence-corrected chi connectivity index (χ4v) is 12.0. The molecule has 2 fully saturated rings. The van der Waals surface area contributed by atoms with Crippen LogP contribution in [0.1, 0.15) is 109 Å². The van der Waals surface area contributed by atoms with Gasteiger partial charge >= 0.3 is 11.4 Å². The van der Waals surface area contributed by atoms with E-state index in [0.717, 1.165) is 6.29 Å². The summed E-state index contributed by atoms with van der Waals surface area (Å²) in [5.74, 6) is -0.551. The topological polar surface area (TPSA) is 182 Å². The number of aldehydes is 1. The predicted octanol–water partition coefficient (Wildman–Crippen LogP) is 9.66. The van der Waals surface area contributed by atoms with Crippen molar-refractivity contribution in [3.63, 3.8) is 0 Å². The monoisotopic (exact) mass is 1030 g/mol. The third-order valence-corrected chi connectivity index (χ3v) is 33.7. The summed E-state index contributed by atoms with van der Waals surface area (Å²) in [7, 11) is -8.88. The number of aromatic amines is 2. The van der Waals surface area contributed by atoms with Crippen LogP contribution in [0.3, 0.4) is 0 Å². The highest BCUT2D eigenvalue weighted by molar-refractivity contribution is 6.75. The van der Waals surface area contributed by atoms with E-state index >= 15 is 0 Å². The van der Waals surface area contributed by atoms with Crippen molar-refractivity contribution in [2.75, 3.05) is 13.2 Å². The largest absolute Gasteiger partial charge is 0.413 e. The van der Waals surface area contributed by atoms with Gasteiger partial charge in [-0.2, -0.15) is 0 Å². The van der Waals surface area contributed by atoms with E-state index in [4.69, 9.17) is 38.8 Å². The maximum atomic E-state index is 12.7. The third kappa shape index (κ3) is 13.0. The zero-order chi connectivity index (χ0) is 51.9. The highest BCUT2D eigenvalue weighted by Gasteiger charge is 2.60. The van der Waals surface area contributed by atoms with Crippen LogP contribution in [0, 0.1) is 11.8 Å². The Balaban J connectivity index is 0.000000355. The molecule has 67 heavy (non-hydrogen) atoms. The Morgan fingerprint density at radius 2 is 0.910 bits per heavy atom. The first kappa shape index (κ1) is 59.0. The fraction of sp³-hybridized carbons (Fsp3) is 0.766. The van der Waals surface area contributed by atoms with E-state index in [0.29, 0.717) is 0 Å². The summed E-state index contributed by atoms with van der Waals surface area (Å²) in [6, 6.07) is 2.60. The van der Waals surface area contributed by atoms with Crippen molar-refractivity contribution < 1.29 is 32.0 Å². The van der Waals surface area contributed by atoms with Crippen LogP contribution in [0.5, 0.6) is 0 Å². The molecule has 20 heteroatoms. The molecule has 0 bridgehead atoms. The number of rotatable bonds is 14. The summed E-state index contributed by atoms with van der Waals surface area (Å²) >= 11 is 6.17. The molecule has 8 unspecified atom stereocenters. The van der Waals surface area contributed by atoms with E-state index in [1.54, 1.807) is 6.08 Å². The van der Waals surface area contributed by atoms with Crippen LogP contribution in [-0.4, -0.2) is 95.3 Å². The molecule has 0 aliphatic carbocycles. The number of hydrogen-bond acceptors (Lipinski definition) is 11. The summed E-state index contributed by atoms with van der Waals surface area (Å²) < 4.78 is 42.6. The van der Waals surface area contributed by atoms with Crippen molar-refractivity contribution in [1.29, 1.82) is 0 Å². The molecular weight excluding hydrogens is 944 g/mol. The number of nitrogens with zero attached hydrogens (tertiary/aromatic N) is 2. The quantitative estimate of drug-likeness (QED) is 0.136. The Labute approximate surface area is 408 Å². The minimum absolute atomic E-state index is 0.00807. The van der Waals surface area contributed by atoms with Gasteiger partial charge in [0.2, 0.25) is 0 Å². The van der Waals surface area contributed by atoms with Gasteiger partial charge in [0.05, 0.1) is 25.4 Å². The standard InChI is InChI=1S/C24H43ClN2O5Si2.C23H42N2O6Si2/c1-17-19(32-34(10,11)23(5,6)7)24(13-14-25,16-30-33(8,9)22(2,3)4)31-20(17)27-15-12-18(28)26-21(27)29;1-16-18(31-33(10,11)22(5,6)7)23(14-26,15-29-32(8,9)21(2,3)4)30-19(16)25-13-12-17(27)24-20(25)28/h12-15,17,19-20H,16H2,1-11H3,(H,26,28,29);12-14,16,18-19H,15H2,1-11H3,(H,24,27,28)/b14-13+;. The number of carbonyl (C=O) groups excluding carboxylic acids is 1. The van der Waals surface area contributed by atoms with Crippen molar-refractivity contribution in [3.05, 3.63) is 77.8 Å². The molecule has 2 aromatic rings. The first-order valence-electron chi connectivity index (χ1n) is 23.4. The van der Waals surface area contributed by atoms with Crippen molar-refractivity contribution in [1.82, 2.24) is 19.1 Å². The summed E-state index contributed by atoms with van der Waals surface area (Å²) in [5, 5.41) is -0.161. The number of hydrogen-bond donors (Lipinski definition) is 2. The first-order chi connectivity index (χ1) is 30.1. The molecule has 0 aromatic carbocycles. The van der Waals surface area contributed by atoms with Crippen LogP contribution in [0.2, 0.25) is 72.5 Å². The number of ether oxygens (including phenoxy) is 2. The Hall–Kier alpha value is -2.31. The molecule has 4 rings (SSSR count). The number of H-pyrrole nitrogens is 2. The second-order valence-electron chi connectivity index (χ2n) is 24.8. The molecule has 4 heterocycles. The van der Waals surface area contributed by atoms with Gasteiger partial charge in [0.25, 0.3) is 11.1 Å². The molecule has 8 atom stereocenters. The molecule has 2 aliphatic rings. The Kier molecular flexibility index (Phi) is 18.0. The molecule has 2 aliphatic heterocycles. The number of nitrogens with one attached hydrogen (secondary N) is 2. The average Bonchev–Trinajstić information content (AvgIpc) is 3.57. The number of carbonyl (C=O) groups is 1. The second-order valence-corrected chi connectivity index (χ2v) is 44.2. The van der Waals surface area contributed by atoms with Crippen LogP contribution < -0.4 is 22.5 Å². The molecule has 15 nitrogen and oxygen atoms in total. The van der Waals surface area contributed by atoms with Gasteiger partial charge in [0.15, 0.2) is 45.2 Å². The Morgan fingerprint density at radius 1 is 0.597 bits per heavy atom. The molecule has 2 aromatic heterocycles. The van der Waals surface area contributed by atoms with E-state index in [1.807, 2.05) is 13.8 Å². The summed E-state index contributed by atoms with van der Waals surface area (Å²) in [4.78, 5) is 65.8. The Bertz CT molecular complexity index is 2300. The van der Waals surface area contributed by atoms with Crippen molar-refractivity contribution in [2.24, 2.45) is 11.8 Å². The minimum Gasteiger partial charge on any atom is -0.413 e. The van der Waals surface area contributed by atoms with Crippen LogP contribution in [-0.2, 0) is 32.0 Å². The van der Waals surface area contributed by atoms with Gasteiger partial charge in [-0.15, -0.1) is 0 Å². The van der Waals surface area contributed by atoms with Crippen molar-refractivity contribution in [2.45, 2.75) is 205 Å². The molecule has 2 saturated heterocycles. The highest BCUT2D eigenvalue weighted by Crippen LogP contribution is 2.50. The molecule has 0 saturated carbocycles. The average molecular weight is 1030 g/mol. The zero-order valence-electron chi connectivity index (χ0n) is 44.7. The van der Waals surface area contributed by atoms with Gasteiger partial charge in [0.1, 0.15) is 18.1 Å². The van der Waals surface area contributed by atoms with Crippen molar-refractivity contribution >= 4 is 51.2 Å². The summed E-state index contributed by atoms with van der Waals surface area (Å²) in [5.41, 5.74) is -2.96. The minimum atomic E-state index is -2.31. The van der Waals surface area contributed by atoms with Gasteiger partial charge in [-0.3, -0.25) is 33.5 Å². The normalized spacial score (nSPS) is 27.0. The van der Waals surface area contributed by atoms with Crippen LogP contribution in [0.4, 0.5) is 0 Å². The highest BCUT2D eigenvalue weighted by atomic mass is 35.5. The fourth-order valence-electron chi connectivity index (χ4n) is 6.94. The van der Waals surface area contributed by atoms with E-state index in [-0.39, 0.29) is 45.2 Å².